The van der Waals surface area contributed by atoms with Crippen molar-refractivity contribution in [3.63, 3.8) is 0 Å². The molecule has 1 heterocycles. The molecule has 5 heteroatoms. The lowest BCUT2D eigenvalue weighted by Gasteiger charge is -2.10. The normalized spacial score (nSPS) is 10.7. The highest BCUT2D eigenvalue weighted by atomic mass is 16.5. The van der Waals surface area contributed by atoms with E-state index in [-0.39, 0.29) is 5.56 Å². The van der Waals surface area contributed by atoms with E-state index in [1.165, 1.54) is 0 Å². The fourth-order valence-corrected chi connectivity index (χ4v) is 2.31. The van der Waals surface area contributed by atoms with Gasteiger partial charge in [-0.3, -0.25) is 9.48 Å². The number of ether oxygens (including phenoxy) is 1. The van der Waals surface area contributed by atoms with Crippen LogP contribution in [0.4, 0.5) is 5.69 Å². The minimum Gasteiger partial charge on any atom is -0.494 e. The van der Waals surface area contributed by atoms with Crippen molar-refractivity contribution in [3.05, 3.63) is 46.4 Å². The highest BCUT2D eigenvalue weighted by molar-refractivity contribution is 5.41. The maximum Gasteiger partial charge on any atom is 0.290 e. The molecule has 0 fully saturated rings. The zero-order valence-corrected chi connectivity index (χ0v) is 12.0. The summed E-state index contributed by atoms with van der Waals surface area (Å²) in [5.74, 6) is 0.848. The van der Waals surface area contributed by atoms with Crippen LogP contribution >= 0.6 is 0 Å². The lowest BCUT2D eigenvalue weighted by Crippen LogP contribution is -2.23. The van der Waals surface area contributed by atoms with E-state index in [9.17, 15) is 4.79 Å². The molecule has 0 aliphatic carbocycles. The minimum absolute atomic E-state index is 0.107. The molecule has 2 rings (SSSR count). The van der Waals surface area contributed by atoms with Gasteiger partial charge in [0.1, 0.15) is 11.4 Å². The second-order valence-corrected chi connectivity index (χ2v) is 4.68. The molecule has 0 unspecified atom stereocenters. The highest BCUT2D eigenvalue weighted by Crippen LogP contribution is 2.10. The Morgan fingerprint density at radius 3 is 2.55 bits per heavy atom. The van der Waals surface area contributed by atoms with Crippen molar-refractivity contribution in [1.29, 1.82) is 0 Å². The number of rotatable bonds is 6. The van der Waals surface area contributed by atoms with Gasteiger partial charge in [-0.1, -0.05) is 25.1 Å². The molecule has 0 amide bonds. The van der Waals surface area contributed by atoms with Gasteiger partial charge in [0.15, 0.2) is 0 Å². The third-order valence-electron chi connectivity index (χ3n) is 3.39. The molecule has 20 heavy (non-hydrogen) atoms. The van der Waals surface area contributed by atoms with Gasteiger partial charge in [0.05, 0.1) is 12.3 Å². The van der Waals surface area contributed by atoms with Crippen LogP contribution in [-0.4, -0.2) is 16.0 Å². The Balaban J connectivity index is 1.93. The topological polar surface area (TPSA) is 62.2 Å². The Labute approximate surface area is 118 Å². The Kier molecular flexibility index (Phi) is 4.50. The first kappa shape index (κ1) is 14.2. The lowest BCUT2D eigenvalue weighted by atomic mass is 10.3. The number of nitrogens with two attached hydrogens (primary N) is 1. The van der Waals surface area contributed by atoms with Crippen LogP contribution in [0.5, 0.6) is 5.75 Å². The number of aromatic nitrogens is 2. The molecule has 0 aliphatic rings. The number of nitrogen functional groups attached to an aromatic ring is 1. The monoisotopic (exact) mass is 275 g/mol. The Hall–Kier alpha value is -2.17. The van der Waals surface area contributed by atoms with Crippen LogP contribution in [0.3, 0.4) is 0 Å². The summed E-state index contributed by atoms with van der Waals surface area (Å²) in [7, 11) is 1.87. The van der Waals surface area contributed by atoms with Gasteiger partial charge in [0.2, 0.25) is 0 Å². The third-order valence-corrected chi connectivity index (χ3v) is 3.39. The summed E-state index contributed by atoms with van der Waals surface area (Å²) in [5.41, 5.74) is 6.97. The van der Waals surface area contributed by atoms with E-state index in [0.29, 0.717) is 18.8 Å². The second kappa shape index (κ2) is 6.32. The SMILES string of the molecule is CCc1c(N)c(=O)n(CCCOc2ccccc2)n1C. The summed E-state index contributed by atoms with van der Waals surface area (Å²) in [6.45, 7) is 3.17. The summed E-state index contributed by atoms with van der Waals surface area (Å²) < 4.78 is 9.13. The molecular formula is C15H21N3O2. The van der Waals surface area contributed by atoms with Gasteiger partial charge in [0, 0.05) is 20.0 Å². The van der Waals surface area contributed by atoms with E-state index in [2.05, 4.69) is 0 Å². The molecule has 2 aromatic rings. The van der Waals surface area contributed by atoms with Crippen molar-refractivity contribution < 1.29 is 4.74 Å². The van der Waals surface area contributed by atoms with Crippen molar-refractivity contribution in [3.8, 4) is 5.75 Å². The van der Waals surface area contributed by atoms with E-state index >= 15 is 0 Å². The largest absolute Gasteiger partial charge is 0.494 e. The summed E-state index contributed by atoms with van der Waals surface area (Å²) in [6.07, 6.45) is 1.51. The quantitative estimate of drug-likeness (QED) is 0.818. The maximum absolute atomic E-state index is 12.0. The van der Waals surface area contributed by atoms with Gasteiger partial charge >= 0.3 is 0 Å². The van der Waals surface area contributed by atoms with Gasteiger partial charge in [-0.25, -0.2) is 4.68 Å². The molecule has 2 N–H and O–H groups in total. The van der Waals surface area contributed by atoms with E-state index in [0.717, 1.165) is 24.3 Å². The van der Waals surface area contributed by atoms with Crippen LogP contribution < -0.4 is 16.0 Å². The van der Waals surface area contributed by atoms with Gasteiger partial charge in [-0.15, -0.1) is 0 Å². The van der Waals surface area contributed by atoms with Crippen molar-refractivity contribution in [2.24, 2.45) is 7.05 Å². The number of hydrogen-bond donors (Lipinski definition) is 1. The number of hydrogen-bond acceptors (Lipinski definition) is 3. The van der Waals surface area contributed by atoms with Crippen molar-refractivity contribution >= 4 is 5.69 Å². The van der Waals surface area contributed by atoms with E-state index < -0.39 is 0 Å². The zero-order chi connectivity index (χ0) is 14.5. The molecular weight excluding hydrogens is 254 g/mol. The molecule has 0 aliphatic heterocycles. The van der Waals surface area contributed by atoms with Crippen LogP contribution in [-0.2, 0) is 20.0 Å². The Morgan fingerprint density at radius 2 is 1.95 bits per heavy atom. The number of para-hydroxylation sites is 1. The molecule has 0 atom stereocenters. The molecule has 108 valence electrons. The molecule has 0 bridgehead atoms. The minimum atomic E-state index is -0.107. The van der Waals surface area contributed by atoms with Gasteiger partial charge < -0.3 is 10.5 Å². The van der Waals surface area contributed by atoms with Gasteiger partial charge in [-0.05, 0) is 18.6 Å². The fraction of sp³-hybridized carbons (Fsp3) is 0.400. The first-order valence-electron chi connectivity index (χ1n) is 6.87. The number of nitrogens with zero attached hydrogens (tertiary/aromatic N) is 2. The smallest absolute Gasteiger partial charge is 0.290 e. The Morgan fingerprint density at radius 1 is 1.25 bits per heavy atom. The summed E-state index contributed by atoms with van der Waals surface area (Å²) >= 11 is 0. The molecule has 1 aromatic heterocycles. The summed E-state index contributed by atoms with van der Waals surface area (Å²) in [5, 5.41) is 0. The zero-order valence-electron chi connectivity index (χ0n) is 12.0. The highest BCUT2D eigenvalue weighted by Gasteiger charge is 2.12. The van der Waals surface area contributed by atoms with Crippen LogP contribution in [0, 0.1) is 0 Å². The number of benzene rings is 1. The third kappa shape index (κ3) is 2.87. The molecule has 0 saturated heterocycles. The molecule has 0 radical (unpaired) electrons. The average Bonchev–Trinajstić information content (AvgIpc) is 2.67. The molecule has 5 nitrogen and oxygen atoms in total. The van der Waals surface area contributed by atoms with Crippen molar-refractivity contribution in [2.75, 3.05) is 12.3 Å². The maximum atomic E-state index is 12.0. The standard InChI is InChI=1S/C15H21N3O2/c1-3-13-14(16)15(19)18(17(13)2)10-7-11-20-12-8-5-4-6-9-12/h4-6,8-9H,3,7,10-11,16H2,1-2H3. The van der Waals surface area contributed by atoms with Crippen LogP contribution in [0.25, 0.3) is 0 Å². The second-order valence-electron chi connectivity index (χ2n) is 4.68. The molecule has 0 spiro atoms. The predicted molar refractivity (Wildman–Crippen MR) is 80.0 cm³/mol. The van der Waals surface area contributed by atoms with Gasteiger partial charge in [-0.2, -0.15) is 0 Å². The Bertz CT molecular complexity index is 614. The lowest BCUT2D eigenvalue weighted by molar-refractivity contribution is 0.292. The van der Waals surface area contributed by atoms with Crippen LogP contribution in [0.1, 0.15) is 19.0 Å². The van der Waals surface area contributed by atoms with Gasteiger partial charge in [0.25, 0.3) is 5.56 Å². The first-order valence-corrected chi connectivity index (χ1v) is 6.87. The van der Waals surface area contributed by atoms with Crippen LogP contribution in [0.2, 0.25) is 0 Å². The summed E-state index contributed by atoms with van der Waals surface area (Å²) in [4.78, 5) is 12.0. The van der Waals surface area contributed by atoms with Crippen molar-refractivity contribution in [2.45, 2.75) is 26.3 Å². The first-order chi connectivity index (χ1) is 9.65. The predicted octanol–water partition coefficient (Wildman–Crippen LogP) is 1.80. The fourth-order valence-electron chi connectivity index (χ4n) is 2.31. The van der Waals surface area contributed by atoms with Crippen LogP contribution in [0.15, 0.2) is 35.1 Å². The number of anilines is 1. The molecule has 0 saturated carbocycles. The van der Waals surface area contributed by atoms with Crippen molar-refractivity contribution in [1.82, 2.24) is 9.36 Å². The molecule has 1 aromatic carbocycles. The van der Waals surface area contributed by atoms with E-state index in [4.69, 9.17) is 10.5 Å². The van der Waals surface area contributed by atoms with E-state index in [1.54, 1.807) is 4.68 Å². The summed E-state index contributed by atoms with van der Waals surface area (Å²) in [6, 6.07) is 9.66. The average molecular weight is 275 g/mol. The van der Waals surface area contributed by atoms with E-state index in [1.807, 2.05) is 49.0 Å².